The van der Waals surface area contributed by atoms with Crippen LogP contribution >= 0.6 is 0 Å². The van der Waals surface area contributed by atoms with Gasteiger partial charge in [-0.25, -0.2) is 4.79 Å². The molecule has 0 aliphatic carbocycles. The first-order valence-corrected chi connectivity index (χ1v) is 16.9. The van der Waals surface area contributed by atoms with Gasteiger partial charge in [-0.3, -0.25) is 4.79 Å². The highest BCUT2D eigenvalue weighted by atomic mass is 32.2. The molecule has 1 amide bonds. The van der Waals surface area contributed by atoms with Crippen molar-refractivity contribution < 1.29 is 32.8 Å². The Labute approximate surface area is 280 Å². The molecule has 3 aromatic carbocycles. The summed E-state index contributed by atoms with van der Waals surface area (Å²) in [6.07, 6.45) is -0.373. The van der Waals surface area contributed by atoms with Gasteiger partial charge in [-0.1, -0.05) is 36.4 Å². The molecular weight excluding hydrogens is 616 g/mol. The molecule has 10 heteroatoms. The smallest absolute Gasteiger partial charge is 0.407 e. The molecule has 1 aromatic heterocycles. The fraction of sp³-hybridized carbons (Fsp3) is 0.405. The van der Waals surface area contributed by atoms with Crippen LogP contribution in [0.5, 0.6) is 5.75 Å². The van der Waals surface area contributed by atoms with Crippen LogP contribution in [0.2, 0.25) is 0 Å². The van der Waals surface area contributed by atoms with E-state index in [1.54, 1.807) is 6.92 Å². The maximum Gasteiger partial charge on any atom is 0.407 e. The number of amides is 1. The molecule has 2 atom stereocenters. The third-order valence-corrected chi connectivity index (χ3v) is 8.72. The van der Waals surface area contributed by atoms with E-state index < -0.39 is 27.8 Å². The van der Waals surface area contributed by atoms with E-state index in [2.05, 4.69) is 10.0 Å². The van der Waals surface area contributed by atoms with Crippen molar-refractivity contribution in [1.82, 2.24) is 10.0 Å². The van der Waals surface area contributed by atoms with Crippen LogP contribution in [-0.4, -0.2) is 33.6 Å². The van der Waals surface area contributed by atoms with Crippen LogP contribution in [0.25, 0.3) is 22.1 Å². The maximum atomic E-state index is 12.9. The van der Waals surface area contributed by atoms with Crippen molar-refractivity contribution >= 4 is 34.4 Å². The molecule has 252 valence electrons. The number of alkyl carbamates (subject to hydrolysis) is 1. The Balaban J connectivity index is 1.67. The van der Waals surface area contributed by atoms with Gasteiger partial charge in [0.1, 0.15) is 40.1 Å². The lowest BCUT2D eigenvalue weighted by atomic mass is 9.98. The van der Waals surface area contributed by atoms with Crippen LogP contribution < -0.4 is 14.8 Å². The fourth-order valence-electron chi connectivity index (χ4n) is 4.80. The van der Waals surface area contributed by atoms with Crippen molar-refractivity contribution in [3.8, 4) is 16.9 Å². The first-order chi connectivity index (χ1) is 22.1. The van der Waals surface area contributed by atoms with Gasteiger partial charge in [0.25, 0.3) is 0 Å². The predicted octanol–water partition coefficient (Wildman–Crippen LogP) is 7.92. The number of rotatable bonds is 12. The Kier molecular flexibility index (Phi) is 11.7. The fourth-order valence-corrected chi connectivity index (χ4v) is 5.59. The summed E-state index contributed by atoms with van der Waals surface area (Å²) in [5.74, 6) is 0.946. The van der Waals surface area contributed by atoms with E-state index in [-0.39, 0.29) is 31.6 Å². The molecule has 4 rings (SSSR count). The van der Waals surface area contributed by atoms with Crippen LogP contribution in [0.1, 0.15) is 83.9 Å². The van der Waals surface area contributed by atoms with Gasteiger partial charge < -0.3 is 28.5 Å². The van der Waals surface area contributed by atoms with Crippen LogP contribution in [0.3, 0.4) is 0 Å². The zero-order valence-corrected chi connectivity index (χ0v) is 29.3. The Morgan fingerprint density at radius 3 is 2.40 bits per heavy atom. The van der Waals surface area contributed by atoms with Crippen molar-refractivity contribution in [3.63, 3.8) is 0 Å². The summed E-state index contributed by atoms with van der Waals surface area (Å²) in [6.45, 7) is 15.8. The number of esters is 1. The van der Waals surface area contributed by atoms with Crippen molar-refractivity contribution in [3.05, 3.63) is 89.2 Å². The third-order valence-electron chi connectivity index (χ3n) is 7.04. The number of fused-ring (bicyclic) bond motifs is 1. The number of carbonyl (C=O) groups is 2. The number of hydrogen-bond donors (Lipinski definition) is 2. The van der Waals surface area contributed by atoms with E-state index in [1.807, 2.05) is 115 Å². The monoisotopic (exact) mass is 662 g/mol. The zero-order chi connectivity index (χ0) is 34.4. The summed E-state index contributed by atoms with van der Waals surface area (Å²) in [7, 11) is 0. The van der Waals surface area contributed by atoms with Gasteiger partial charge in [0.2, 0.25) is 0 Å². The van der Waals surface area contributed by atoms with Gasteiger partial charge in [-0.15, -0.1) is 4.72 Å². The molecule has 0 radical (unpaired) electrons. The van der Waals surface area contributed by atoms with Gasteiger partial charge in [0.05, 0.1) is 13.0 Å². The number of hydrogen-bond acceptors (Lipinski definition) is 8. The molecule has 1 unspecified atom stereocenters. The predicted molar refractivity (Wildman–Crippen MR) is 185 cm³/mol. The molecule has 4 aromatic rings. The molecule has 0 fully saturated rings. The lowest BCUT2D eigenvalue weighted by Gasteiger charge is -2.25. The summed E-state index contributed by atoms with van der Waals surface area (Å²) in [4.78, 5) is 24.5. The minimum absolute atomic E-state index is 0.115. The minimum Gasteiger partial charge on any atom is -0.598 e. The summed E-state index contributed by atoms with van der Waals surface area (Å²) >= 11 is -1.29. The van der Waals surface area contributed by atoms with Gasteiger partial charge in [-0.05, 0) is 102 Å². The molecule has 0 saturated carbocycles. The Bertz CT molecular complexity index is 1690. The third kappa shape index (κ3) is 10.2. The zero-order valence-electron chi connectivity index (χ0n) is 28.5. The first-order valence-electron chi connectivity index (χ1n) is 15.8. The molecule has 0 aliphatic heterocycles. The SMILES string of the molecule is CCOC(=O)Cc1ccccc1OCc1cc(-c2cccc(CNC(=O)OC(C)(C)C)c2)c2oc(C(C)N[S@+]([O-])C(C)(C)C)cc2c1. The van der Waals surface area contributed by atoms with Crippen LogP contribution in [0.4, 0.5) is 4.79 Å². The Morgan fingerprint density at radius 1 is 0.957 bits per heavy atom. The molecule has 1 heterocycles. The number of benzene rings is 3. The number of nitrogens with one attached hydrogen (secondary N) is 2. The standard InChI is InChI=1S/C37H46N2O7S/c1-9-43-33(40)21-28-14-10-11-16-31(28)44-23-26-18-29-20-32(24(2)39-47(42)37(6,7)8)45-34(29)30(19-26)27-15-12-13-25(17-27)22-38-35(41)46-36(3,4)5/h10-20,24,39H,9,21-23H2,1-8H3,(H,38,41)/t24?,47-/m1/s1. The van der Waals surface area contributed by atoms with E-state index in [1.165, 1.54) is 0 Å². The second kappa shape index (κ2) is 15.3. The highest BCUT2D eigenvalue weighted by Gasteiger charge is 2.29. The molecule has 0 aliphatic rings. The molecule has 2 N–H and O–H groups in total. The highest BCUT2D eigenvalue weighted by Crippen LogP contribution is 2.36. The topological polar surface area (TPSA) is 122 Å². The second-order valence-corrected chi connectivity index (χ2v) is 15.4. The lowest BCUT2D eigenvalue weighted by Crippen LogP contribution is -2.40. The quantitative estimate of drug-likeness (QED) is 0.116. The van der Waals surface area contributed by atoms with Crippen LogP contribution in [0.15, 0.2) is 71.1 Å². The highest BCUT2D eigenvalue weighted by molar-refractivity contribution is 7.90. The largest absolute Gasteiger partial charge is 0.598 e. The van der Waals surface area contributed by atoms with E-state index in [0.717, 1.165) is 33.2 Å². The summed E-state index contributed by atoms with van der Waals surface area (Å²) in [5, 5.41) is 3.69. The number of carbonyl (C=O) groups excluding carboxylic acids is 2. The van der Waals surface area contributed by atoms with E-state index in [4.69, 9.17) is 18.6 Å². The number of para-hydroxylation sites is 1. The molecule has 0 bridgehead atoms. The van der Waals surface area contributed by atoms with E-state index in [0.29, 0.717) is 23.7 Å². The van der Waals surface area contributed by atoms with Crippen LogP contribution in [0, 0.1) is 0 Å². The Morgan fingerprint density at radius 2 is 1.70 bits per heavy atom. The normalized spacial score (nSPS) is 13.2. The van der Waals surface area contributed by atoms with E-state index in [9.17, 15) is 14.1 Å². The van der Waals surface area contributed by atoms with Gasteiger partial charge in [0, 0.05) is 34.4 Å². The molecule has 47 heavy (non-hydrogen) atoms. The van der Waals surface area contributed by atoms with Gasteiger partial charge in [0.15, 0.2) is 0 Å². The van der Waals surface area contributed by atoms with Crippen LogP contribution in [-0.2, 0) is 45.2 Å². The maximum absolute atomic E-state index is 12.9. The van der Waals surface area contributed by atoms with E-state index >= 15 is 0 Å². The second-order valence-electron chi connectivity index (χ2n) is 13.4. The number of ether oxygens (including phenoxy) is 3. The van der Waals surface area contributed by atoms with Gasteiger partial charge in [-0.2, -0.15) is 0 Å². The molecule has 0 spiro atoms. The average molecular weight is 663 g/mol. The lowest BCUT2D eigenvalue weighted by molar-refractivity contribution is -0.142. The van der Waals surface area contributed by atoms with Crippen molar-refractivity contribution in [2.24, 2.45) is 0 Å². The van der Waals surface area contributed by atoms with Crippen molar-refractivity contribution in [1.29, 1.82) is 0 Å². The molecular formula is C37H46N2O7S. The average Bonchev–Trinajstić information content (AvgIpc) is 3.43. The first kappa shape index (κ1) is 35.9. The summed E-state index contributed by atoms with van der Waals surface area (Å²) in [5.41, 5.74) is 4.34. The van der Waals surface area contributed by atoms with Crippen molar-refractivity contribution in [2.45, 2.75) is 91.4 Å². The molecule has 0 saturated heterocycles. The minimum atomic E-state index is -1.29. The van der Waals surface area contributed by atoms with Crippen molar-refractivity contribution in [2.75, 3.05) is 6.61 Å². The molecule has 9 nitrogen and oxygen atoms in total. The summed E-state index contributed by atoms with van der Waals surface area (Å²) in [6, 6.07) is 21.0. The van der Waals surface area contributed by atoms with Gasteiger partial charge >= 0.3 is 12.1 Å². The number of furan rings is 1. The summed E-state index contributed by atoms with van der Waals surface area (Å²) < 4.78 is 38.8. The Hall–Kier alpha value is -3.99.